The Hall–Kier alpha value is -1.62. The molecule has 0 aliphatic heterocycles. The van der Waals surface area contributed by atoms with Crippen molar-refractivity contribution in [2.75, 3.05) is 25.6 Å². The number of carboxylic acids is 1. The molecule has 1 rings (SSSR count). The van der Waals surface area contributed by atoms with Gasteiger partial charge in [0.05, 0.1) is 5.56 Å². The van der Waals surface area contributed by atoms with Gasteiger partial charge in [0.15, 0.2) is 0 Å². The molecule has 0 bridgehead atoms. The van der Waals surface area contributed by atoms with Crippen molar-refractivity contribution in [2.45, 2.75) is 26.2 Å². The smallest absolute Gasteiger partial charge is 0.335 e. The van der Waals surface area contributed by atoms with Crippen LogP contribution >= 0.6 is 0 Å². The zero-order valence-corrected chi connectivity index (χ0v) is 11.1. The number of ether oxygens (including phenoxy) is 1. The van der Waals surface area contributed by atoms with Crippen molar-refractivity contribution in [3.05, 3.63) is 23.4 Å². The first-order valence-electron chi connectivity index (χ1n) is 6.02. The highest BCUT2D eigenvalue weighted by Crippen LogP contribution is 2.17. The average molecular weight is 252 g/mol. The maximum absolute atomic E-state index is 11.0. The maximum atomic E-state index is 11.0. The van der Waals surface area contributed by atoms with Crippen LogP contribution in [0.2, 0.25) is 0 Å². The molecule has 0 amide bonds. The molecule has 0 saturated heterocycles. The van der Waals surface area contributed by atoms with E-state index < -0.39 is 5.97 Å². The molecular weight excluding hydrogens is 232 g/mol. The van der Waals surface area contributed by atoms with Gasteiger partial charge in [0.1, 0.15) is 5.82 Å². The van der Waals surface area contributed by atoms with Crippen LogP contribution in [0, 0.1) is 0 Å². The van der Waals surface area contributed by atoms with Crippen LogP contribution in [0.15, 0.2) is 12.1 Å². The Labute approximate surface area is 107 Å². The number of pyridine rings is 1. The first kappa shape index (κ1) is 14.4. The summed E-state index contributed by atoms with van der Waals surface area (Å²) >= 11 is 0. The van der Waals surface area contributed by atoms with Crippen molar-refractivity contribution < 1.29 is 14.6 Å². The van der Waals surface area contributed by atoms with Crippen molar-refractivity contribution >= 4 is 11.8 Å². The van der Waals surface area contributed by atoms with Gasteiger partial charge >= 0.3 is 5.97 Å². The molecule has 2 N–H and O–H groups in total. The molecule has 0 saturated carbocycles. The molecule has 0 fully saturated rings. The number of nitrogens with zero attached hydrogens (tertiary/aromatic N) is 1. The number of hydrogen-bond donors (Lipinski definition) is 2. The third-order valence-corrected chi connectivity index (χ3v) is 2.51. The summed E-state index contributed by atoms with van der Waals surface area (Å²) in [6, 6.07) is 3.17. The van der Waals surface area contributed by atoms with Crippen molar-refractivity contribution in [2.24, 2.45) is 0 Å². The third-order valence-electron chi connectivity index (χ3n) is 2.51. The second kappa shape index (κ2) is 6.96. The first-order chi connectivity index (χ1) is 8.54. The van der Waals surface area contributed by atoms with E-state index in [-0.39, 0.29) is 11.5 Å². The summed E-state index contributed by atoms with van der Waals surface area (Å²) in [7, 11) is 1.65. The largest absolute Gasteiger partial charge is 0.478 e. The number of rotatable bonds is 7. The molecule has 0 aliphatic rings. The summed E-state index contributed by atoms with van der Waals surface area (Å²) in [5.74, 6) is -0.127. The van der Waals surface area contributed by atoms with Crippen LogP contribution in [-0.4, -0.2) is 36.3 Å². The van der Waals surface area contributed by atoms with Crippen molar-refractivity contribution in [3.8, 4) is 0 Å². The topological polar surface area (TPSA) is 71.5 Å². The van der Waals surface area contributed by atoms with Crippen molar-refractivity contribution in [1.29, 1.82) is 0 Å². The number of aromatic carboxylic acids is 1. The summed E-state index contributed by atoms with van der Waals surface area (Å²) in [5.41, 5.74) is 1.05. The van der Waals surface area contributed by atoms with E-state index in [1.54, 1.807) is 19.2 Å². The average Bonchev–Trinajstić information content (AvgIpc) is 2.34. The van der Waals surface area contributed by atoms with Crippen molar-refractivity contribution in [3.63, 3.8) is 0 Å². The SMILES string of the molecule is COCCCNc1cc(C(=O)O)cc(C(C)C)n1. The van der Waals surface area contributed by atoms with Crippen LogP contribution in [0.1, 0.15) is 42.2 Å². The fourth-order valence-corrected chi connectivity index (χ4v) is 1.49. The maximum Gasteiger partial charge on any atom is 0.335 e. The molecule has 1 aromatic rings. The first-order valence-corrected chi connectivity index (χ1v) is 6.02. The summed E-state index contributed by atoms with van der Waals surface area (Å²) in [6.45, 7) is 5.36. The van der Waals surface area contributed by atoms with Gasteiger partial charge < -0.3 is 15.2 Å². The summed E-state index contributed by atoms with van der Waals surface area (Å²) in [4.78, 5) is 15.4. The zero-order valence-electron chi connectivity index (χ0n) is 11.1. The minimum absolute atomic E-state index is 0.198. The highest BCUT2D eigenvalue weighted by Gasteiger charge is 2.10. The van der Waals surface area contributed by atoms with Gasteiger partial charge in [-0.05, 0) is 24.5 Å². The fourth-order valence-electron chi connectivity index (χ4n) is 1.49. The molecule has 0 aliphatic carbocycles. The minimum Gasteiger partial charge on any atom is -0.478 e. The van der Waals surface area contributed by atoms with Crippen LogP contribution < -0.4 is 5.32 Å². The Bertz CT molecular complexity index is 405. The molecule has 0 aromatic carbocycles. The Morgan fingerprint density at radius 1 is 1.50 bits per heavy atom. The fraction of sp³-hybridized carbons (Fsp3) is 0.538. The Kier molecular flexibility index (Phi) is 5.58. The Morgan fingerprint density at radius 2 is 2.22 bits per heavy atom. The molecule has 1 aromatic heterocycles. The Morgan fingerprint density at radius 3 is 2.78 bits per heavy atom. The van der Waals surface area contributed by atoms with E-state index in [4.69, 9.17) is 9.84 Å². The second-order valence-corrected chi connectivity index (χ2v) is 4.40. The Balaban J connectivity index is 2.79. The monoisotopic (exact) mass is 252 g/mol. The molecule has 18 heavy (non-hydrogen) atoms. The van der Waals surface area contributed by atoms with E-state index in [1.807, 2.05) is 13.8 Å². The van der Waals surface area contributed by atoms with Crippen molar-refractivity contribution in [1.82, 2.24) is 4.98 Å². The summed E-state index contributed by atoms with van der Waals surface area (Å²) in [6.07, 6.45) is 0.854. The number of aromatic nitrogens is 1. The van der Waals surface area contributed by atoms with Gasteiger partial charge in [-0.1, -0.05) is 13.8 Å². The van der Waals surface area contributed by atoms with Crippen LogP contribution in [0.4, 0.5) is 5.82 Å². The molecule has 0 radical (unpaired) electrons. The number of carbonyl (C=O) groups is 1. The molecule has 100 valence electrons. The molecule has 5 nitrogen and oxygen atoms in total. The predicted molar refractivity (Wildman–Crippen MR) is 70.3 cm³/mol. The molecule has 5 heteroatoms. The lowest BCUT2D eigenvalue weighted by Crippen LogP contribution is -2.09. The molecule has 0 spiro atoms. The van der Waals surface area contributed by atoms with Crippen LogP contribution in [0.25, 0.3) is 0 Å². The predicted octanol–water partition coefficient (Wildman–Crippen LogP) is 2.35. The van der Waals surface area contributed by atoms with E-state index >= 15 is 0 Å². The van der Waals surface area contributed by atoms with Gasteiger partial charge in [-0.3, -0.25) is 0 Å². The normalized spacial score (nSPS) is 10.7. The summed E-state index contributed by atoms with van der Waals surface area (Å²) in [5, 5.41) is 12.2. The molecule has 0 atom stereocenters. The van der Waals surface area contributed by atoms with Crippen LogP contribution in [0.3, 0.4) is 0 Å². The molecule has 0 unspecified atom stereocenters. The number of hydrogen-bond acceptors (Lipinski definition) is 4. The lowest BCUT2D eigenvalue weighted by Gasteiger charge is -2.11. The molecular formula is C13H20N2O3. The van der Waals surface area contributed by atoms with Crippen LogP contribution in [-0.2, 0) is 4.74 Å². The lowest BCUT2D eigenvalue weighted by atomic mass is 10.1. The van der Waals surface area contributed by atoms with Gasteiger partial charge in [0, 0.05) is 26.0 Å². The zero-order chi connectivity index (χ0) is 13.5. The van der Waals surface area contributed by atoms with Gasteiger partial charge in [0.25, 0.3) is 0 Å². The second-order valence-electron chi connectivity index (χ2n) is 4.40. The number of nitrogens with one attached hydrogen (secondary N) is 1. The number of carboxylic acid groups (broad SMARTS) is 1. The van der Waals surface area contributed by atoms with Gasteiger partial charge in [-0.15, -0.1) is 0 Å². The number of anilines is 1. The van der Waals surface area contributed by atoms with E-state index in [1.165, 1.54) is 0 Å². The minimum atomic E-state index is -0.931. The van der Waals surface area contributed by atoms with Gasteiger partial charge in [0.2, 0.25) is 0 Å². The van der Waals surface area contributed by atoms with Gasteiger partial charge in [-0.25, -0.2) is 9.78 Å². The summed E-state index contributed by atoms with van der Waals surface area (Å²) < 4.78 is 4.95. The number of methoxy groups -OCH3 is 1. The van der Waals surface area contributed by atoms with E-state index in [9.17, 15) is 4.79 Å². The quantitative estimate of drug-likeness (QED) is 0.729. The standard InChI is InChI=1S/C13H20N2O3/c1-9(2)11-7-10(13(16)17)8-12(15-11)14-5-4-6-18-3/h7-9H,4-6H2,1-3H3,(H,14,15)(H,16,17). The van der Waals surface area contributed by atoms with Crippen LogP contribution in [0.5, 0.6) is 0 Å². The molecule has 1 heterocycles. The van der Waals surface area contributed by atoms with E-state index in [0.717, 1.165) is 12.1 Å². The lowest BCUT2D eigenvalue weighted by molar-refractivity contribution is 0.0696. The van der Waals surface area contributed by atoms with E-state index in [0.29, 0.717) is 19.0 Å². The highest BCUT2D eigenvalue weighted by atomic mass is 16.5. The van der Waals surface area contributed by atoms with Gasteiger partial charge in [-0.2, -0.15) is 0 Å². The third kappa shape index (κ3) is 4.33. The highest BCUT2D eigenvalue weighted by molar-refractivity contribution is 5.88. The van der Waals surface area contributed by atoms with E-state index in [2.05, 4.69) is 10.3 Å².